The van der Waals surface area contributed by atoms with E-state index in [-0.39, 0.29) is 17.9 Å². The Bertz CT molecular complexity index is 1340. The highest BCUT2D eigenvalue weighted by atomic mass is 32.2. The van der Waals surface area contributed by atoms with Crippen LogP contribution >= 0.6 is 0 Å². The summed E-state index contributed by atoms with van der Waals surface area (Å²) in [5.41, 5.74) is -2.28. The van der Waals surface area contributed by atoms with Crippen molar-refractivity contribution in [3.05, 3.63) is 54.1 Å². The standard InChI is InChI=1S/C23H27F3N2O6S2/c1-22(2,3)20-18(10-7-13-28(20)21(29)30)27-36(33,34)19-14-16(11-12-17(19)23(24,25)26)35(31,32)15-8-5-4-6-9-15/h4-6,8-9,11-12,14,18,20,27H,7,10,13H2,1-3H3,(H,29,30)/t18-,20?/m0/s1. The molecule has 1 aliphatic rings. The van der Waals surface area contributed by atoms with E-state index in [0.29, 0.717) is 18.6 Å². The number of rotatable bonds is 5. The molecule has 36 heavy (non-hydrogen) atoms. The summed E-state index contributed by atoms with van der Waals surface area (Å²) in [7, 11) is -9.25. The van der Waals surface area contributed by atoms with Crippen LogP contribution in [-0.2, 0) is 26.0 Å². The normalized spacial score (nSPS) is 19.8. The lowest BCUT2D eigenvalue weighted by Gasteiger charge is -2.46. The maximum atomic E-state index is 13.8. The van der Waals surface area contributed by atoms with Gasteiger partial charge in [0.1, 0.15) is 0 Å². The lowest BCUT2D eigenvalue weighted by molar-refractivity contribution is -0.139. The monoisotopic (exact) mass is 548 g/mol. The average molecular weight is 549 g/mol. The third-order valence-corrected chi connectivity index (χ3v) is 9.28. The van der Waals surface area contributed by atoms with Gasteiger partial charge in [-0.3, -0.25) is 0 Å². The van der Waals surface area contributed by atoms with Gasteiger partial charge >= 0.3 is 12.3 Å². The molecule has 0 saturated carbocycles. The SMILES string of the molecule is CC(C)(C)C1[C@@H](NS(=O)(=O)c2cc(S(=O)(=O)c3ccccc3)ccc2C(F)(F)F)CCCN1C(=O)O. The molecule has 8 nitrogen and oxygen atoms in total. The van der Waals surface area contributed by atoms with E-state index in [1.54, 1.807) is 26.8 Å². The highest BCUT2D eigenvalue weighted by Gasteiger charge is 2.45. The molecule has 1 unspecified atom stereocenters. The van der Waals surface area contributed by atoms with E-state index in [4.69, 9.17) is 0 Å². The molecule has 0 aromatic heterocycles. The molecule has 1 aliphatic heterocycles. The summed E-state index contributed by atoms with van der Waals surface area (Å²) < 4.78 is 96.4. The number of carbonyl (C=O) groups is 1. The number of likely N-dealkylation sites (tertiary alicyclic amines) is 1. The first-order valence-corrected chi connectivity index (χ1v) is 14.0. The Morgan fingerprint density at radius 3 is 2.14 bits per heavy atom. The van der Waals surface area contributed by atoms with Crippen LogP contribution in [0, 0.1) is 5.41 Å². The second kappa shape index (κ2) is 9.67. The van der Waals surface area contributed by atoms with Gasteiger partial charge in [0.15, 0.2) is 0 Å². The van der Waals surface area contributed by atoms with Gasteiger partial charge in [0.2, 0.25) is 19.9 Å². The fraction of sp³-hybridized carbons (Fsp3) is 0.435. The molecule has 13 heteroatoms. The first-order chi connectivity index (χ1) is 16.5. The number of carboxylic acid groups (broad SMARTS) is 1. The van der Waals surface area contributed by atoms with Crippen LogP contribution in [0.1, 0.15) is 39.2 Å². The summed E-state index contributed by atoms with van der Waals surface area (Å²) in [6.45, 7) is 5.26. The van der Waals surface area contributed by atoms with E-state index in [1.165, 1.54) is 24.3 Å². The van der Waals surface area contributed by atoms with Crippen molar-refractivity contribution in [3.63, 3.8) is 0 Å². The maximum absolute atomic E-state index is 13.8. The van der Waals surface area contributed by atoms with E-state index >= 15 is 0 Å². The third-order valence-electron chi connectivity index (χ3n) is 5.98. The molecule has 1 fully saturated rings. The summed E-state index contributed by atoms with van der Waals surface area (Å²) in [5, 5.41) is 9.62. The summed E-state index contributed by atoms with van der Waals surface area (Å²) in [5.74, 6) is 0. The van der Waals surface area contributed by atoms with Crippen molar-refractivity contribution in [3.8, 4) is 0 Å². The summed E-state index contributed by atoms with van der Waals surface area (Å²) in [6, 6.07) is 6.65. The van der Waals surface area contributed by atoms with Crippen molar-refractivity contribution in [1.29, 1.82) is 0 Å². The molecule has 1 heterocycles. The summed E-state index contributed by atoms with van der Waals surface area (Å²) in [6.07, 6.45) is -5.89. The molecule has 0 aliphatic carbocycles. The first kappa shape index (κ1) is 27.9. The number of sulfonamides is 1. The molecule has 0 spiro atoms. The van der Waals surface area contributed by atoms with Crippen LogP contribution in [0.4, 0.5) is 18.0 Å². The highest BCUT2D eigenvalue weighted by molar-refractivity contribution is 7.91. The molecule has 198 valence electrons. The van der Waals surface area contributed by atoms with Gasteiger partial charge in [-0.05, 0) is 48.6 Å². The lowest BCUT2D eigenvalue weighted by Crippen LogP contribution is -2.61. The minimum Gasteiger partial charge on any atom is -0.465 e. The molecule has 2 N–H and O–H groups in total. The Morgan fingerprint density at radius 2 is 1.61 bits per heavy atom. The Balaban J connectivity index is 2.13. The first-order valence-electron chi connectivity index (χ1n) is 11.0. The van der Waals surface area contributed by atoms with Crippen LogP contribution in [0.2, 0.25) is 0 Å². The minimum absolute atomic E-state index is 0.147. The van der Waals surface area contributed by atoms with Gasteiger partial charge in [0.05, 0.1) is 26.3 Å². The lowest BCUT2D eigenvalue weighted by atomic mass is 9.78. The molecule has 1 saturated heterocycles. The zero-order valence-corrected chi connectivity index (χ0v) is 21.4. The zero-order chi connectivity index (χ0) is 27.1. The van der Waals surface area contributed by atoms with Gasteiger partial charge in [0.25, 0.3) is 0 Å². The number of halogens is 3. The fourth-order valence-corrected chi connectivity index (χ4v) is 7.44. The number of hydrogen-bond acceptors (Lipinski definition) is 5. The number of alkyl halides is 3. The van der Waals surface area contributed by atoms with Crippen LogP contribution in [0.3, 0.4) is 0 Å². The van der Waals surface area contributed by atoms with Crippen LogP contribution in [-0.4, -0.2) is 51.6 Å². The second-order valence-corrected chi connectivity index (χ2v) is 13.3. The fourth-order valence-electron chi connectivity index (χ4n) is 4.53. The number of nitrogens with zero attached hydrogens (tertiary/aromatic N) is 1. The van der Waals surface area contributed by atoms with Crippen LogP contribution < -0.4 is 4.72 Å². The quantitative estimate of drug-likeness (QED) is 0.572. The van der Waals surface area contributed by atoms with Crippen molar-refractivity contribution in [1.82, 2.24) is 9.62 Å². The molecule has 2 atom stereocenters. The Morgan fingerprint density at radius 1 is 1.00 bits per heavy atom. The maximum Gasteiger partial charge on any atom is 0.417 e. The number of benzene rings is 2. The van der Waals surface area contributed by atoms with E-state index < -0.39 is 65.0 Å². The van der Waals surface area contributed by atoms with E-state index in [1.807, 2.05) is 0 Å². The Labute approximate surface area is 208 Å². The van der Waals surface area contributed by atoms with Crippen LogP contribution in [0.5, 0.6) is 0 Å². The average Bonchev–Trinajstić information content (AvgIpc) is 2.77. The van der Waals surface area contributed by atoms with Gasteiger partial charge in [-0.1, -0.05) is 39.0 Å². The zero-order valence-electron chi connectivity index (χ0n) is 19.8. The number of amides is 1. The van der Waals surface area contributed by atoms with Crippen LogP contribution in [0.15, 0.2) is 63.2 Å². The van der Waals surface area contributed by atoms with Gasteiger partial charge < -0.3 is 10.0 Å². The molecule has 2 aromatic carbocycles. The van der Waals surface area contributed by atoms with Gasteiger partial charge in [-0.15, -0.1) is 0 Å². The topological polar surface area (TPSA) is 121 Å². The molecular formula is C23H27F3N2O6S2. The van der Waals surface area contributed by atoms with Crippen molar-refractivity contribution in [2.45, 2.75) is 66.6 Å². The van der Waals surface area contributed by atoms with Crippen molar-refractivity contribution >= 4 is 26.0 Å². The van der Waals surface area contributed by atoms with Gasteiger partial charge in [-0.25, -0.2) is 26.4 Å². The predicted octanol–water partition coefficient (Wildman–Crippen LogP) is 4.37. The number of sulfone groups is 1. The highest BCUT2D eigenvalue weighted by Crippen LogP contribution is 2.38. The van der Waals surface area contributed by atoms with Crippen molar-refractivity contribution < 1.29 is 39.9 Å². The van der Waals surface area contributed by atoms with Crippen LogP contribution in [0.25, 0.3) is 0 Å². The predicted molar refractivity (Wildman–Crippen MR) is 125 cm³/mol. The number of piperidine rings is 1. The van der Waals surface area contributed by atoms with Gasteiger partial charge in [-0.2, -0.15) is 13.2 Å². The van der Waals surface area contributed by atoms with E-state index in [2.05, 4.69) is 4.72 Å². The van der Waals surface area contributed by atoms with E-state index in [0.717, 1.165) is 11.0 Å². The number of nitrogens with one attached hydrogen (secondary N) is 1. The largest absolute Gasteiger partial charge is 0.465 e. The molecule has 0 bridgehead atoms. The minimum atomic E-state index is -5.10. The molecule has 1 amide bonds. The third kappa shape index (κ3) is 5.68. The molecule has 3 rings (SSSR count). The Hall–Kier alpha value is -2.64. The molecule has 0 radical (unpaired) electrons. The molecular weight excluding hydrogens is 521 g/mol. The molecule has 2 aromatic rings. The number of hydrogen-bond donors (Lipinski definition) is 2. The summed E-state index contributed by atoms with van der Waals surface area (Å²) in [4.78, 5) is 10.8. The summed E-state index contributed by atoms with van der Waals surface area (Å²) >= 11 is 0. The second-order valence-electron chi connectivity index (χ2n) is 9.63. The van der Waals surface area contributed by atoms with Gasteiger partial charge in [0, 0.05) is 12.6 Å². The smallest absolute Gasteiger partial charge is 0.417 e. The van der Waals surface area contributed by atoms with Crippen molar-refractivity contribution in [2.75, 3.05) is 6.54 Å². The van der Waals surface area contributed by atoms with E-state index in [9.17, 15) is 39.9 Å². The Kier molecular flexibility index (Phi) is 7.51. The van der Waals surface area contributed by atoms with Crippen molar-refractivity contribution in [2.24, 2.45) is 5.41 Å².